The number of carbonyl (C=O) groups excluding carboxylic acids is 1. The molecule has 0 saturated carbocycles. The maximum absolute atomic E-state index is 11.6. The van der Waals surface area contributed by atoms with Crippen LogP contribution in [0.1, 0.15) is 26.3 Å². The van der Waals surface area contributed by atoms with Crippen molar-refractivity contribution in [1.82, 2.24) is 10.4 Å². The molecule has 94 valence electrons. The highest BCUT2D eigenvalue weighted by atomic mass is 35.5. The Bertz CT molecular complexity index is 402. The van der Waals surface area contributed by atoms with Crippen LogP contribution < -0.4 is 5.32 Å². The maximum Gasteiger partial charge on any atom is 0.341 e. The summed E-state index contributed by atoms with van der Waals surface area (Å²) in [6.07, 6.45) is 0. The predicted octanol–water partition coefficient (Wildman–Crippen LogP) is 3.04. The van der Waals surface area contributed by atoms with E-state index in [-0.39, 0.29) is 12.1 Å². The zero-order valence-electron chi connectivity index (χ0n) is 10.2. The standard InChI is InChI=1S/C12H17ClN2O2/c1-12(2,3)14-11(16)15(17)8-9-5-4-6-10(13)7-9/h4-7,17H,8H2,1-3H3,(H,14,16). The summed E-state index contributed by atoms with van der Waals surface area (Å²) in [5.41, 5.74) is 0.385. The van der Waals surface area contributed by atoms with Gasteiger partial charge in [-0.1, -0.05) is 23.7 Å². The van der Waals surface area contributed by atoms with E-state index in [0.717, 1.165) is 5.56 Å². The Morgan fingerprint density at radius 2 is 2.12 bits per heavy atom. The molecule has 0 aliphatic rings. The third-order valence-electron chi connectivity index (χ3n) is 1.94. The number of hydrogen-bond donors (Lipinski definition) is 2. The molecule has 2 N–H and O–H groups in total. The van der Waals surface area contributed by atoms with Crippen molar-refractivity contribution in [1.29, 1.82) is 0 Å². The van der Waals surface area contributed by atoms with Crippen molar-refractivity contribution < 1.29 is 10.0 Å². The summed E-state index contributed by atoms with van der Waals surface area (Å²) in [5, 5.41) is 13.5. The van der Waals surface area contributed by atoms with Gasteiger partial charge in [0.2, 0.25) is 0 Å². The van der Waals surface area contributed by atoms with E-state index >= 15 is 0 Å². The van der Waals surface area contributed by atoms with Crippen molar-refractivity contribution >= 4 is 17.6 Å². The number of benzene rings is 1. The van der Waals surface area contributed by atoms with Gasteiger partial charge in [0.05, 0.1) is 6.54 Å². The quantitative estimate of drug-likeness (QED) is 0.631. The summed E-state index contributed by atoms with van der Waals surface area (Å²) in [6, 6.07) is 6.47. The first-order valence-electron chi connectivity index (χ1n) is 5.31. The Hall–Kier alpha value is -1.26. The number of carbonyl (C=O) groups is 1. The fourth-order valence-electron chi connectivity index (χ4n) is 1.27. The van der Waals surface area contributed by atoms with E-state index in [1.165, 1.54) is 0 Å². The van der Waals surface area contributed by atoms with Crippen molar-refractivity contribution in [3.05, 3.63) is 34.9 Å². The number of nitrogens with zero attached hydrogens (tertiary/aromatic N) is 1. The molecule has 0 unspecified atom stereocenters. The summed E-state index contributed by atoms with van der Waals surface area (Å²) in [7, 11) is 0. The van der Waals surface area contributed by atoms with Gasteiger partial charge in [-0.2, -0.15) is 0 Å². The largest absolute Gasteiger partial charge is 0.341 e. The van der Waals surface area contributed by atoms with Gasteiger partial charge >= 0.3 is 6.03 Å². The van der Waals surface area contributed by atoms with Crippen molar-refractivity contribution in [2.45, 2.75) is 32.9 Å². The molecule has 5 heteroatoms. The average molecular weight is 257 g/mol. The molecule has 0 fully saturated rings. The molecule has 1 aromatic carbocycles. The molecule has 0 saturated heterocycles. The molecule has 1 rings (SSSR count). The Morgan fingerprint density at radius 3 is 2.65 bits per heavy atom. The monoisotopic (exact) mass is 256 g/mol. The van der Waals surface area contributed by atoms with Gasteiger partial charge in [-0.3, -0.25) is 5.21 Å². The number of nitrogens with one attached hydrogen (secondary N) is 1. The predicted molar refractivity (Wildman–Crippen MR) is 67.1 cm³/mol. The van der Waals surface area contributed by atoms with E-state index in [2.05, 4.69) is 5.32 Å². The summed E-state index contributed by atoms with van der Waals surface area (Å²) in [4.78, 5) is 11.6. The second-order valence-corrected chi connectivity index (χ2v) is 5.30. The van der Waals surface area contributed by atoms with E-state index in [1.807, 2.05) is 20.8 Å². The fourth-order valence-corrected chi connectivity index (χ4v) is 1.48. The topological polar surface area (TPSA) is 52.6 Å². The smallest absolute Gasteiger partial charge is 0.332 e. The lowest BCUT2D eigenvalue weighted by atomic mass is 10.1. The van der Waals surface area contributed by atoms with Gasteiger partial charge in [-0.15, -0.1) is 0 Å². The number of hydroxylamine groups is 2. The molecule has 0 spiro atoms. The molecule has 0 bridgehead atoms. The first-order valence-corrected chi connectivity index (χ1v) is 5.69. The normalized spacial score (nSPS) is 11.1. The van der Waals surface area contributed by atoms with E-state index in [0.29, 0.717) is 10.1 Å². The molecule has 2 amide bonds. The van der Waals surface area contributed by atoms with Crippen molar-refractivity contribution in [3.63, 3.8) is 0 Å². The molecule has 0 radical (unpaired) electrons. The SMILES string of the molecule is CC(C)(C)NC(=O)N(O)Cc1cccc(Cl)c1. The molecule has 4 nitrogen and oxygen atoms in total. The molecule has 0 aromatic heterocycles. The van der Waals surface area contributed by atoms with Gasteiger partial charge in [0.25, 0.3) is 0 Å². The second-order valence-electron chi connectivity index (χ2n) is 4.87. The minimum absolute atomic E-state index is 0.0997. The van der Waals surface area contributed by atoms with Gasteiger partial charge in [0.1, 0.15) is 0 Å². The average Bonchev–Trinajstić information content (AvgIpc) is 2.14. The van der Waals surface area contributed by atoms with Crippen molar-refractivity contribution in [2.24, 2.45) is 0 Å². The van der Waals surface area contributed by atoms with E-state index in [9.17, 15) is 10.0 Å². The van der Waals surface area contributed by atoms with Gasteiger partial charge < -0.3 is 5.32 Å². The highest BCUT2D eigenvalue weighted by Gasteiger charge is 2.18. The van der Waals surface area contributed by atoms with Crippen molar-refractivity contribution in [3.8, 4) is 0 Å². The van der Waals surface area contributed by atoms with Crippen LogP contribution in [0, 0.1) is 0 Å². The summed E-state index contributed by atoms with van der Waals surface area (Å²) in [6.45, 7) is 5.64. The minimum Gasteiger partial charge on any atom is -0.332 e. The number of rotatable bonds is 2. The van der Waals surface area contributed by atoms with Crippen LogP contribution in [-0.2, 0) is 6.54 Å². The number of halogens is 1. The van der Waals surface area contributed by atoms with Crippen LogP contribution >= 0.6 is 11.6 Å². The third kappa shape index (κ3) is 5.06. The molecule has 1 aromatic rings. The molecule has 0 aliphatic heterocycles. The Kier molecular flexibility index (Phi) is 4.37. The van der Waals surface area contributed by atoms with E-state index in [4.69, 9.17) is 11.6 Å². The Balaban J connectivity index is 2.60. The third-order valence-corrected chi connectivity index (χ3v) is 2.17. The van der Waals surface area contributed by atoms with Crippen molar-refractivity contribution in [2.75, 3.05) is 0 Å². The van der Waals surface area contributed by atoms with Gasteiger partial charge in [-0.05, 0) is 38.5 Å². The van der Waals surface area contributed by atoms with Gasteiger partial charge in [0.15, 0.2) is 0 Å². The van der Waals surface area contributed by atoms with Crippen LogP contribution in [0.4, 0.5) is 4.79 Å². The maximum atomic E-state index is 11.6. The van der Waals surface area contributed by atoms with Crippen LogP contribution in [0.2, 0.25) is 5.02 Å². The Morgan fingerprint density at radius 1 is 1.47 bits per heavy atom. The zero-order valence-corrected chi connectivity index (χ0v) is 11.0. The minimum atomic E-state index is -0.530. The molecular weight excluding hydrogens is 240 g/mol. The molecule has 0 aliphatic carbocycles. The second kappa shape index (κ2) is 5.38. The number of hydrogen-bond acceptors (Lipinski definition) is 2. The summed E-state index contributed by atoms with van der Waals surface area (Å²) in [5.74, 6) is 0. The van der Waals surface area contributed by atoms with Crippen LogP contribution in [0.5, 0.6) is 0 Å². The lowest BCUT2D eigenvalue weighted by Crippen LogP contribution is -2.47. The highest BCUT2D eigenvalue weighted by molar-refractivity contribution is 6.30. The van der Waals surface area contributed by atoms with E-state index in [1.54, 1.807) is 24.3 Å². The molecule has 0 atom stereocenters. The molecule has 0 heterocycles. The molecular formula is C12H17ClN2O2. The zero-order chi connectivity index (χ0) is 13.1. The van der Waals surface area contributed by atoms with Gasteiger partial charge in [0, 0.05) is 10.6 Å². The van der Waals surface area contributed by atoms with Crippen LogP contribution in [-0.4, -0.2) is 21.8 Å². The highest BCUT2D eigenvalue weighted by Crippen LogP contribution is 2.12. The first kappa shape index (κ1) is 13.8. The lowest BCUT2D eigenvalue weighted by molar-refractivity contribution is -0.0528. The van der Waals surface area contributed by atoms with Crippen LogP contribution in [0.15, 0.2) is 24.3 Å². The number of amides is 2. The van der Waals surface area contributed by atoms with Crippen LogP contribution in [0.25, 0.3) is 0 Å². The van der Waals surface area contributed by atoms with Gasteiger partial charge in [-0.25, -0.2) is 9.86 Å². The van der Waals surface area contributed by atoms with E-state index < -0.39 is 6.03 Å². The fraction of sp³-hybridized carbons (Fsp3) is 0.417. The summed E-state index contributed by atoms with van der Waals surface area (Å²) >= 11 is 5.81. The summed E-state index contributed by atoms with van der Waals surface area (Å²) < 4.78 is 0. The first-order chi connectivity index (χ1) is 7.78. The Labute approximate surface area is 106 Å². The van der Waals surface area contributed by atoms with Crippen LogP contribution in [0.3, 0.4) is 0 Å². The number of urea groups is 1. The molecule has 17 heavy (non-hydrogen) atoms. The lowest BCUT2D eigenvalue weighted by Gasteiger charge is -2.24.